The van der Waals surface area contributed by atoms with Crippen LogP contribution in [-0.2, 0) is 6.42 Å². The fourth-order valence-electron chi connectivity index (χ4n) is 3.10. The van der Waals surface area contributed by atoms with Gasteiger partial charge in [0.05, 0.1) is 0 Å². The molecule has 0 saturated heterocycles. The summed E-state index contributed by atoms with van der Waals surface area (Å²) in [4.78, 5) is 0. The summed E-state index contributed by atoms with van der Waals surface area (Å²) in [6.07, 6.45) is 4.47. The van der Waals surface area contributed by atoms with Crippen LogP contribution in [0, 0.1) is 23.6 Å². The summed E-state index contributed by atoms with van der Waals surface area (Å²) >= 11 is 6.14. The third-order valence-corrected chi connectivity index (χ3v) is 4.56. The molecule has 1 aliphatic carbocycles. The molecule has 1 aromatic carbocycles. The van der Waals surface area contributed by atoms with E-state index in [2.05, 4.69) is 6.92 Å². The summed E-state index contributed by atoms with van der Waals surface area (Å²) in [5.41, 5.74) is 6.78. The van der Waals surface area contributed by atoms with E-state index >= 15 is 0 Å². The Balaban J connectivity index is 2.12. The van der Waals surface area contributed by atoms with Gasteiger partial charge in [0.15, 0.2) is 0 Å². The molecule has 0 heterocycles. The lowest BCUT2D eigenvalue weighted by Crippen LogP contribution is -2.31. The van der Waals surface area contributed by atoms with Gasteiger partial charge in [-0.2, -0.15) is 0 Å². The van der Waals surface area contributed by atoms with Crippen LogP contribution in [0.1, 0.15) is 31.7 Å². The zero-order valence-corrected chi connectivity index (χ0v) is 11.6. The molecule has 1 aromatic rings. The second-order valence-corrected chi connectivity index (χ2v) is 6.02. The van der Waals surface area contributed by atoms with Crippen molar-refractivity contribution < 1.29 is 4.39 Å². The van der Waals surface area contributed by atoms with Crippen LogP contribution in [0.15, 0.2) is 18.2 Å². The van der Waals surface area contributed by atoms with Crippen LogP contribution in [-0.4, -0.2) is 6.54 Å². The molecule has 1 aliphatic rings. The Morgan fingerprint density at radius 2 is 2.11 bits per heavy atom. The molecule has 2 N–H and O–H groups in total. The zero-order valence-electron chi connectivity index (χ0n) is 10.8. The molecule has 100 valence electrons. The first kappa shape index (κ1) is 13.8. The van der Waals surface area contributed by atoms with Crippen LogP contribution in [0.3, 0.4) is 0 Å². The third-order valence-electron chi connectivity index (χ3n) is 4.19. The Morgan fingerprint density at radius 3 is 2.83 bits per heavy atom. The maximum atomic E-state index is 13.3. The van der Waals surface area contributed by atoms with E-state index in [-0.39, 0.29) is 5.82 Å². The summed E-state index contributed by atoms with van der Waals surface area (Å²) in [6, 6.07) is 4.63. The zero-order chi connectivity index (χ0) is 13.1. The number of benzene rings is 1. The van der Waals surface area contributed by atoms with Crippen molar-refractivity contribution in [2.24, 2.45) is 23.5 Å². The van der Waals surface area contributed by atoms with Gasteiger partial charge in [0.2, 0.25) is 0 Å². The lowest BCUT2D eigenvalue weighted by atomic mass is 9.72. The summed E-state index contributed by atoms with van der Waals surface area (Å²) < 4.78 is 13.3. The van der Waals surface area contributed by atoms with Crippen molar-refractivity contribution in [3.05, 3.63) is 34.6 Å². The predicted octanol–water partition coefficient (Wildman–Crippen LogP) is 4.03. The fraction of sp³-hybridized carbons (Fsp3) is 0.600. The molecule has 0 radical (unpaired) electrons. The molecule has 1 saturated carbocycles. The van der Waals surface area contributed by atoms with Gasteiger partial charge in [-0.05, 0) is 67.3 Å². The molecule has 3 atom stereocenters. The van der Waals surface area contributed by atoms with Gasteiger partial charge in [0.25, 0.3) is 0 Å². The quantitative estimate of drug-likeness (QED) is 0.881. The highest BCUT2D eigenvalue weighted by Crippen LogP contribution is 2.36. The Hall–Kier alpha value is -0.600. The summed E-state index contributed by atoms with van der Waals surface area (Å²) in [5, 5.41) is 0.672. The van der Waals surface area contributed by atoms with Gasteiger partial charge < -0.3 is 5.73 Å². The van der Waals surface area contributed by atoms with Gasteiger partial charge in [0, 0.05) is 5.02 Å². The van der Waals surface area contributed by atoms with Crippen molar-refractivity contribution in [3.8, 4) is 0 Å². The molecule has 3 unspecified atom stereocenters. The van der Waals surface area contributed by atoms with E-state index in [1.807, 2.05) is 0 Å². The minimum Gasteiger partial charge on any atom is -0.330 e. The van der Waals surface area contributed by atoms with E-state index in [4.69, 9.17) is 17.3 Å². The van der Waals surface area contributed by atoms with E-state index in [0.717, 1.165) is 24.4 Å². The Bertz CT molecular complexity index is 407. The molecule has 1 fully saturated rings. The highest BCUT2D eigenvalue weighted by atomic mass is 35.5. The van der Waals surface area contributed by atoms with E-state index < -0.39 is 0 Å². The number of nitrogens with two attached hydrogens (primary N) is 1. The Labute approximate surface area is 114 Å². The summed E-state index contributed by atoms with van der Waals surface area (Å²) in [5.74, 6) is 1.63. The number of halogens is 2. The van der Waals surface area contributed by atoms with Crippen LogP contribution >= 0.6 is 11.6 Å². The van der Waals surface area contributed by atoms with E-state index in [9.17, 15) is 4.39 Å². The lowest BCUT2D eigenvalue weighted by molar-refractivity contribution is 0.193. The van der Waals surface area contributed by atoms with Crippen molar-refractivity contribution in [1.82, 2.24) is 0 Å². The van der Waals surface area contributed by atoms with Crippen LogP contribution in [0.25, 0.3) is 0 Å². The second kappa shape index (κ2) is 6.03. The SMILES string of the molecule is CC1CCC(CN)C(Cc2cc(F)ccc2Cl)C1. The maximum absolute atomic E-state index is 13.3. The second-order valence-electron chi connectivity index (χ2n) is 5.61. The molecule has 18 heavy (non-hydrogen) atoms. The van der Waals surface area contributed by atoms with Crippen molar-refractivity contribution in [3.63, 3.8) is 0 Å². The standard InChI is InChI=1S/C15H21ClFN/c1-10-2-3-11(9-18)12(6-10)7-13-8-14(17)4-5-15(13)16/h4-5,8,10-12H,2-3,6-7,9,18H2,1H3. The maximum Gasteiger partial charge on any atom is 0.123 e. The van der Waals surface area contributed by atoms with Gasteiger partial charge in [-0.25, -0.2) is 4.39 Å². The Kier molecular flexibility index (Phi) is 4.63. The summed E-state index contributed by atoms with van der Waals surface area (Å²) in [6.45, 7) is 3.01. The molecule has 0 aliphatic heterocycles. The molecule has 0 spiro atoms. The average Bonchev–Trinajstić information content (AvgIpc) is 2.34. The Morgan fingerprint density at radius 1 is 1.33 bits per heavy atom. The molecule has 3 heteroatoms. The highest BCUT2D eigenvalue weighted by molar-refractivity contribution is 6.31. The van der Waals surface area contributed by atoms with Gasteiger partial charge in [-0.3, -0.25) is 0 Å². The lowest BCUT2D eigenvalue weighted by Gasteiger charge is -2.34. The first-order chi connectivity index (χ1) is 8.60. The smallest absolute Gasteiger partial charge is 0.123 e. The number of hydrogen-bond donors (Lipinski definition) is 1. The molecule has 0 amide bonds. The largest absolute Gasteiger partial charge is 0.330 e. The first-order valence-electron chi connectivity index (χ1n) is 6.74. The number of hydrogen-bond acceptors (Lipinski definition) is 1. The van der Waals surface area contributed by atoms with Gasteiger partial charge in [0.1, 0.15) is 5.82 Å². The molecule has 2 rings (SSSR count). The molecular formula is C15H21ClFN. The van der Waals surface area contributed by atoms with E-state index in [1.165, 1.54) is 25.3 Å². The van der Waals surface area contributed by atoms with Crippen molar-refractivity contribution in [2.75, 3.05) is 6.54 Å². The number of rotatable bonds is 3. The van der Waals surface area contributed by atoms with E-state index in [0.29, 0.717) is 16.9 Å². The van der Waals surface area contributed by atoms with Crippen molar-refractivity contribution >= 4 is 11.6 Å². The minimum absolute atomic E-state index is 0.206. The van der Waals surface area contributed by atoms with Crippen molar-refractivity contribution in [2.45, 2.75) is 32.6 Å². The van der Waals surface area contributed by atoms with Crippen LogP contribution in [0.2, 0.25) is 5.02 Å². The van der Waals surface area contributed by atoms with E-state index in [1.54, 1.807) is 12.1 Å². The predicted molar refractivity (Wildman–Crippen MR) is 74.2 cm³/mol. The molecule has 0 aromatic heterocycles. The van der Waals surface area contributed by atoms with Gasteiger partial charge in [-0.15, -0.1) is 0 Å². The fourth-order valence-corrected chi connectivity index (χ4v) is 3.30. The third kappa shape index (κ3) is 3.24. The molecule has 0 bridgehead atoms. The van der Waals surface area contributed by atoms with Crippen molar-refractivity contribution in [1.29, 1.82) is 0 Å². The minimum atomic E-state index is -0.206. The monoisotopic (exact) mass is 269 g/mol. The first-order valence-corrected chi connectivity index (χ1v) is 7.12. The topological polar surface area (TPSA) is 26.0 Å². The van der Waals surface area contributed by atoms with Crippen LogP contribution in [0.5, 0.6) is 0 Å². The molecular weight excluding hydrogens is 249 g/mol. The molecule has 1 nitrogen and oxygen atoms in total. The van der Waals surface area contributed by atoms with Gasteiger partial charge in [-0.1, -0.05) is 24.9 Å². The normalized spacial score (nSPS) is 28.3. The average molecular weight is 270 g/mol. The van der Waals surface area contributed by atoms with Gasteiger partial charge >= 0.3 is 0 Å². The van der Waals surface area contributed by atoms with Crippen LogP contribution < -0.4 is 5.73 Å². The summed E-state index contributed by atoms with van der Waals surface area (Å²) in [7, 11) is 0. The van der Waals surface area contributed by atoms with Crippen LogP contribution in [0.4, 0.5) is 4.39 Å². The highest BCUT2D eigenvalue weighted by Gasteiger charge is 2.28.